The van der Waals surface area contributed by atoms with Crippen molar-refractivity contribution in [1.82, 2.24) is 9.55 Å². The fourth-order valence-electron chi connectivity index (χ4n) is 2.39. The molecule has 0 amide bonds. The van der Waals surface area contributed by atoms with Crippen LogP contribution in [0, 0.1) is 0 Å². The van der Waals surface area contributed by atoms with Crippen LogP contribution in [0.5, 0.6) is 0 Å². The Balaban J connectivity index is 2.17. The Labute approximate surface area is 130 Å². The Morgan fingerprint density at radius 1 is 1.48 bits per heavy atom. The Bertz CT molecular complexity index is 708. The highest BCUT2D eigenvalue weighted by Gasteiger charge is 2.37. The molecule has 2 heterocycles. The fraction of sp³-hybridized carbons (Fsp3) is 0.667. The first-order chi connectivity index (χ1) is 10.7. The average Bonchev–Trinajstić information content (AvgIpc) is 2.80. The number of aromatic nitrogens is 2. The summed E-state index contributed by atoms with van der Waals surface area (Å²) in [6.45, 7) is 1.38. The summed E-state index contributed by atoms with van der Waals surface area (Å²) in [4.78, 5) is 43.1. The van der Waals surface area contributed by atoms with Gasteiger partial charge in [-0.2, -0.15) is 0 Å². The third-order valence-corrected chi connectivity index (χ3v) is 3.97. The summed E-state index contributed by atoms with van der Waals surface area (Å²) in [6.07, 6.45) is -0.276. The van der Waals surface area contributed by atoms with E-state index in [0.29, 0.717) is 18.4 Å². The molecule has 11 heteroatoms. The van der Waals surface area contributed by atoms with Crippen molar-refractivity contribution >= 4 is 7.82 Å². The first kappa shape index (κ1) is 18.1. The van der Waals surface area contributed by atoms with E-state index < -0.39 is 44.1 Å². The minimum atomic E-state index is -4.68. The minimum Gasteiger partial charge on any atom is -0.390 e. The fourth-order valence-corrected chi connectivity index (χ4v) is 2.74. The van der Waals surface area contributed by atoms with E-state index in [1.807, 2.05) is 6.92 Å². The molecule has 3 atom stereocenters. The molecule has 0 aromatic carbocycles. The van der Waals surface area contributed by atoms with Gasteiger partial charge in [-0.3, -0.25) is 18.9 Å². The molecule has 0 unspecified atom stereocenters. The third-order valence-electron chi connectivity index (χ3n) is 3.48. The van der Waals surface area contributed by atoms with E-state index in [1.54, 1.807) is 0 Å². The van der Waals surface area contributed by atoms with Crippen LogP contribution in [0.1, 0.15) is 31.6 Å². The Kier molecular flexibility index (Phi) is 5.56. The van der Waals surface area contributed by atoms with Crippen LogP contribution in [0.25, 0.3) is 0 Å². The van der Waals surface area contributed by atoms with Crippen molar-refractivity contribution in [3.05, 3.63) is 32.6 Å². The summed E-state index contributed by atoms with van der Waals surface area (Å²) in [5.74, 6) is 0. The van der Waals surface area contributed by atoms with Gasteiger partial charge in [0.2, 0.25) is 0 Å². The summed E-state index contributed by atoms with van der Waals surface area (Å²) >= 11 is 0. The van der Waals surface area contributed by atoms with Crippen molar-refractivity contribution in [3.63, 3.8) is 0 Å². The molecule has 10 nitrogen and oxygen atoms in total. The normalized spacial score (nSPS) is 25.0. The van der Waals surface area contributed by atoms with Crippen LogP contribution in [0.2, 0.25) is 0 Å². The highest BCUT2D eigenvalue weighted by atomic mass is 31.2. The van der Waals surface area contributed by atoms with Crippen LogP contribution in [0.15, 0.2) is 15.8 Å². The van der Waals surface area contributed by atoms with E-state index in [1.165, 1.54) is 6.20 Å². The second kappa shape index (κ2) is 7.08. The van der Waals surface area contributed by atoms with Crippen LogP contribution in [-0.4, -0.2) is 43.3 Å². The zero-order valence-corrected chi connectivity index (χ0v) is 13.3. The number of aryl methyl sites for hydroxylation is 1. The number of aliphatic hydroxyl groups excluding tert-OH is 1. The van der Waals surface area contributed by atoms with Gasteiger partial charge in [0.05, 0.1) is 12.7 Å². The van der Waals surface area contributed by atoms with Crippen LogP contribution in [0.3, 0.4) is 0 Å². The van der Waals surface area contributed by atoms with Crippen molar-refractivity contribution in [2.75, 3.05) is 6.61 Å². The number of aromatic amines is 1. The summed E-state index contributed by atoms with van der Waals surface area (Å²) < 4.78 is 21.6. The molecule has 2 rings (SSSR count). The number of phosphoric acid groups is 1. The van der Waals surface area contributed by atoms with E-state index in [4.69, 9.17) is 14.5 Å². The molecule has 4 N–H and O–H groups in total. The number of H-pyrrole nitrogens is 1. The second-order valence-corrected chi connectivity index (χ2v) is 6.53. The molecular weight excluding hydrogens is 331 g/mol. The number of phosphoric ester groups is 1. The predicted molar refractivity (Wildman–Crippen MR) is 77.8 cm³/mol. The van der Waals surface area contributed by atoms with Gasteiger partial charge in [-0.05, 0) is 6.42 Å². The number of ether oxygens (including phenoxy) is 1. The highest BCUT2D eigenvalue weighted by molar-refractivity contribution is 7.46. The van der Waals surface area contributed by atoms with Gasteiger partial charge in [-0.1, -0.05) is 13.3 Å². The quantitative estimate of drug-likeness (QED) is 0.489. The number of aliphatic hydroxyl groups is 1. The lowest BCUT2D eigenvalue weighted by molar-refractivity contribution is -0.0451. The lowest BCUT2D eigenvalue weighted by atomic mass is 10.2. The van der Waals surface area contributed by atoms with E-state index in [0.717, 1.165) is 4.57 Å². The molecule has 1 aromatic rings. The maximum atomic E-state index is 11.9. The Morgan fingerprint density at radius 3 is 2.78 bits per heavy atom. The largest absolute Gasteiger partial charge is 0.469 e. The molecule has 1 saturated heterocycles. The van der Waals surface area contributed by atoms with Gasteiger partial charge >= 0.3 is 13.5 Å². The second-order valence-electron chi connectivity index (χ2n) is 5.29. The summed E-state index contributed by atoms with van der Waals surface area (Å²) in [5, 5.41) is 9.89. The predicted octanol–water partition coefficient (Wildman–Crippen LogP) is -0.753. The molecular formula is C12H19N2O8P. The number of nitrogens with one attached hydrogen (secondary N) is 1. The Hall–Kier alpha value is -1.29. The zero-order chi connectivity index (χ0) is 17.2. The minimum absolute atomic E-state index is 0.0344. The first-order valence-electron chi connectivity index (χ1n) is 7.09. The molecule has 0 radical (unpaired) electrons. The maximum Gasteiger partial charge on any atom is 0.469 e. The zero-order valence-electron chi connectivity index (χ0n) is 12.4. The summed E-state index contributed by atoms with van der Waals surface area (Å²) in [7, 11) is -4.68. The van der Waals surface area contributed by atoms with Crippen LogP contribution in [-0.2, 0) is 20.2 Å². The van der Waals surface area contributed by atoms with E-state index >= 15 is 0 Å². The van der Waals surface area contributed by atoms with Crippen LogP contribution < -0.4 is 11.2 Å². The molecule has 0 spiro atoms. The Morgan fingerprint density at radius 2 is 2.17 bits per heavy atom. The summed E-state index contributed by atoms with van der Waals surface area (Å²) in [6, 6.07) is 0. The monoisotopic (exact) mass is 350 g/mol. The molecule has 0 saturated carbocycles. The topological polar surface area (TPSA) is 151 Å². The van der Waals surface area contributed by atoms with Gasteiger partial charge in [0.1, 0.15) is 12.3 Å². The lowest BCUT2D eigenvalue weighted by Gasteiger charge is -2.16. The molecule has 1 aromatic heterocycles. The van der Waals surface area contributed by atoms with Gasteiger partial charge < -0.3 is 19.6 Å². The molecule has 1 aliphatic heterocycles. The van der Waals surface area contributed by atoms with Crippen molar-refractivity contribution in [2.24, 2.45) is 0 Å². The SMILES string of the molecule is CCCc1cn([C@H]2C[C@H](O)[C@@H](COP(=O)(O)O)O2)c(=O)[nH]c1=O. The number of rotatable bonds is 6. The lowest BCUT2D eigenvalue weighted by Crippen LogP contribution is -2.34. The molecule has 0 bridgehead atoms. The van der Waals surface area contributed by atoms with E-state index in [9.17, 15) is 19.3 Å². The van der Waals surface area contributed by atoms with Crippen molar-refractivity contribution in [3.8, 4) is 0 Å². The number of hydrogen-bond acceptors (Lipinski definition) is 6. The van der Waals surface area contributed by atoms with Crippen molar-refractivity contribution in [1.29, 1.82) is 0 Å². The van der Waals surface area contributed by atoms with Gasteiger partial charge in [0, 0.05) is 18.2 Å². The van der Waals surface area contributed by atoms with Gasteiger partial charge in [0.15, 0.2) is 0 Å². The smallest absolute Gasteiger partial charge is 0.390 e. The van der Waals surface area contributed by atoms with Crippen molar-refractivity contribution in [2.45, 2.75) is 44.6 Å². The molecule has 1 aliphatic rings. The maximum absolute atomic E-state index is 11.9. The van der Waals surface area contributed by atoms with Crippen LogP contribution >= 0.6 is 7.82 Å². The standard InChI is InChI=1S/C12H19N2O8P/c1-2-3-7-5-14(12(17)13-11(7)16)10-4-8(15)9(22-10)6-21-23(18,19)20/h5,8-10,15H,2-4,6H2,1H3,(H,13,16,17)(H2,18,19,20)/t8-,9+,10+/m0/s1. The number of hydrogen-bond donors (Lipinski definition) is 4. The molecule has 0 aliphatic carbocycles. The van der Waals surface area contributed by atoms with Crippen molar-refractivity contribution < 1.29 is 28.7 Å². The summed E-state index contributed by atoms with van der Waals surface area (Å²) in [5.41, 5.74) is -0.725. The molecule has 130 valence electrons. The molecule has 1 fully saturated rings. The van der Waals surface area contributed by atoms with Gasteiger partial charge in [-0.25, -0.2) is 9.36 Å². The molecule has 23 heavy (non-hydrogen) atoms. The van der Waals surface area contributed by atoms with Gasteiger partial charge in [0.25, 0.3) is 5.56 Å². The highest BCUT2D eigenvalue weighted by Crippen LogP contribution is 2.38. The third kappa shape index (κ3) is 4.60. The average molecular weight is 350 g/mol. The van der Waals surface area contributed by atoms with Gasteiger partial charge in [-0.15, -0.1) is 0 Å². The van der Waals surface area contributed by atoms with E-state index in [-0.39, 0.29) is 6.42 Å². The van der Waals surface area contributed by atoms with Crippen LogP contribution in [0.4, 0.5) is 0 Å². The van der Waals surface area contributed by atoms with E-state index in [2.05, 4.69) is 9.51 Å². The number of nitrogens with zero attached hydrogens (tertiary/aromatic N) is 1. The first-order valence-corrected chi connectivity index (χ1v) is 8.62.